The van der Waals surface area contributed by atoms with Gasteiger partial charge in [0, 0.05) is 30.2 Å². The van der Waals surface area contributed by atoms with Crippen LogP contribution in [0.3, 0.4) is 0 Å². The summed E-state index contributed by atoms with van der Waals surface area (Å²) in [6.07, 6.45) is 0.181. The van der Waals surface area contributed by atoms with Crippen LogP contribution in [0.1, 0.15) is 43.7 Å². The third kappa shape index (κ3) is 4.67. The van der Waals surface area contributed by atoms with Gasteiger partial charge < -0.3 is 25.4 Å². The molecule has 0 spiro atoms. The molecule has 3 aromatic rings. The highest BCUT2D eigenvalue weighted by molar-refractivity contribution is 7.99. The number of aliphatic hydroxyl groups excluding tert-OH is 3. The van der Waals surface area contributed by atoms with E-state index in [2.05, 4.69) is 27.5 Å². The second kappa shape index (κ2) is 10.1. The molecule has 0 bridgehead atoms. The van der Waals surface area contributed by atoms with Crippen LogP contribution in [0.5, 0.6) is 5.75 Å². The van der Waals surface area contributed by atoms with E-state index in [9.17, 15) is 15.3 Å². The Morgan fingerprint density at radius 1 is 1.23 bits per heavy atom. The summed E-state index contributed by atoms with van der Waals surface area (Å²) in [4.78, 5) is 9.41. The smallest absolute Gasteiger partial charge is 0.191 e. The molecule has 12 heteroatoms. The average Bonchev–Trinajstić information content (AvgIpc) is 3.40. The Bertz CT molecular complexity index is 1210. The van der Waals surface area contributed by atoms with Crippen LogP contribution < -0.4 is 10.1 Å². The highest BCUT2D eigenvalue weighted by Crippen LogP contribution is 2.45. The molecule has 2 heterocycles. The second-order valence-corrected chi connectivity index (χ2v) is 10.6. The summed E-state index contributed by atoms with van der Waals surface area (Å²) in [7, 11) is 1.60. The van der Waals surface area contributed by atoms with E-state index in [-0.39, 0.29) is 18.6 Å². The SMILES string of the molecule is CCCSc1nc(NC2CC2c2ccc(OC)c(Cl)c2)c2nnn(C3CC(CO)C(O)C3O)c2n1. The summed E-state index contributed by atoms with van der Waals surface area (Å²) in [5.41, 5.74) is 2.14. The summed E-state index contributed by atoms with van der Waals surface area (Å²) < 4.78 is 6.82. The van der Waals surface area contributed by atoms with Gasteiger partial charge in [0.25, 0.3) is 0 Å². The molecule has 2 aliphatic rings. The molecule has 2 aliphatic carbocycles. The minimum absolute atomic E-state index is 0.157. The van der Waals surface area contributed by atoms with Crippen molar-refractivity contribution < 1.29 is 20.1 Å². The number of nitrogens with one attached hydrogen (secondary N) is 1. The number of hydrogen-bond acceptors (Lipinski definition) is 10. The largest absolute Gasteiger partial charge is 0.495 e. The molecule has 2 aromatic heterocycles. The van der Waals surface area contributed by atoms with Gasteiger partial charge >= 0.3 is 0 Å². The summed E-state index contributed by atoms with van der Waals surface area (Å²) in [6, 6.07) is 5.46. The maximum atomic E-state index is 10.6. The number of rotatable bonds is 9. The molecule has 2 fully saturated rings. The molecule has 6 atom stereocenters. The number of anilines is 1. The molecule has 0 aliphatic heterocycles. The van der Waals surface area contributed by atoms with Crippen molar-refractivity contribution in [3.63, 3.8) is 0 Å². The zero-order chi connectivity index (χ0) is 24.7. The molecule has 0 amide bonds. The second-order valence-electron chi connectivity index (χ2n) is 9.12. The number of thioether (sulfide) groups is 1. The van der Waals surface area contributed by atoms with Gasteiger partial charge in [-0.2, -0.15) is 0 Å². The maximum Gasteiger partial charge on any atom is 0.191 e. The van der Waals surface area contributed by atoms with Crippen molar-refractivity contribution in [2.24, 2.45) is 5.92 Å². The van der Waals surface area contributed by atoms with Gasteiger partial charge in [-0.25, -0.2) is 14.6 Å². The molecule has 0 saturated heterocycles. The Hall–Kier alpha value is -2.18. The van der Waals surface area contributed by atoms with Gasteiger partial charge in [-0.05, 0) is 37.0 Å². The topological polar surface area (TPSA) is 138 Å². The fraction of sp³-hybridized carbons (Fsp3) is 0.565. The van der Waals surface area contributed by atoms with Gasteiger partial charge in [-0.1, -0.05) is 41.6 Å². The number of fused-ring (bicyclic) bond motifs is 1. The van der Waals surface area contributed by atoms with Crippen LogP contribution in [0.4, 0.5) is 5.82 Å². The van der Waals surface area contributed by atoms with E-state index in [1.54, 1.807) is 23.6 Å². The summed E-state index contributed by atoms with van der Waals surface area (Å²) >= 11 is 7.87. The molecule has 0 radical (unpaired) electrons. The quantitative estimate of drug-likeness (QED) is 0.246. The molecule has 2 saturated carbocycles. The van der Waals surface area contributed by atoms with Gasteiger partial charge in [-0.15, -0.1) is 5.10 Å². The van der Waals surface area contributed by atoms with Gasteiger partial charge in [0.15, 0.2) is 22.1 Å². The summed E-state index contributed by atoms with van der Waals surface area (Å²) in [6.45, 7) is 1.88. The molecule has 188 valence electrons. The lowest BCUT2D eigenvalue weighted by molar-refractivity contribution is -0.00512. The molecule has 4 N–H and O–H groups in total. The van der Waals surface area contributed by atoms with E-state index in [1.165, 1.54) is 0 Å². The average molecular weight is 521 g/mol. The highest BCUT2D eigenvalue weighted by Gasteiger charge is 2.44. The Kier molecular flexibility index (Phi) is 7.04. The van der Waals surface area contributed by atoms with Crippen LogP contribution in [-0.2, 0) is 0 Å². The lowest BCUT2D eigenvalue weighted by Gasteiger charge is -2.17. The Morgan fingerprint density at radius 2 is 2.06 bits per heavy atom. The van der Waals surface area contributed by atoms with Crippen molar-refractivity contribution in [1.82, 2.24) is 25.0 Å². The van der Waals surface area contributed by atoms with Gasteiger partial charge in [0.1, 0.15) is 11.9 Å². The number of hydrogen-bond donors (Lipinski definition) is 4. The molecule has 5 rings (SSSR count). The van der Waals surface area contributed by atoms with Crippen molar-refractivity contribution in [3.8, 4) is 5.75 Å². The van der Waals surface area contributed by atoms with Crippen molar-refractivity contribution in [1.29, 1.82) is 0 Å². The van der Waals surface area contributed by atoms with E-state index in [0.717, 1.165) is 24.2 Å². The fourth-order valence-electron chi connectivity index (χ4n) is 4.73. The predicted molar refractivity (Wildman–Crippen MR) is 133 cm³/mol. The molecular weight excluding hydrogens is 492 g/mol. The van der Waals surface area contributed by atoms with Crippen LogP contribution in [0, 0.1) is 5.92 Å². The normalized spacial score (nSPS) is 27.9. The molecular formula is C23H29ClN6O4S. The van der Waals surface area contributed by atoms with Crippen LogP contribution in [0.25, 0.3) is 11.2 Å². The standard InChI is InChI=1S/C23H29ClN6O4S/c1-3-6-35-23-26-21(25-15-9-13(15)11-4-5-17(34-2)14(24)7-11)18-22(27-23)30(29-28-18)16-8-12(10-31)19(32)20(16)33/h4-5,7,12-13,15-16,19-20,31-33H,3,6,8-10H2,1-2H3,(H,25,26,27). The van der Waals surface area contributed by atoms with Crippen molar-refractivity contribution >= 4 is 40.3 Å². The van der Waals surface area contributed by atoms with Gasteiger partial charge in [0.05, 0.1) is 24.3 Å². The monoisotopic (exact) mass is 520 g/mol. The van der Waals surface area contributed by atoms with Crippen LogP contribution >= 0.6 is 23.4 Å². The van der Waals surface area contributed by atoms with E-state index in [1.807, 2.05) is 18.2 Å². The fourth-order valence-corrected chi connectivity index (χ4v) is 5.69. The first kappa shape index (κ1) is 24.5. The Balaban J connectivity index is 1.44. The number of aromatic nitrogens is 5. The van der Waals surface area contributed by atoms with Crippen molar-refractivity contribution in [3.05, 3.63) is 28.8 Å². The first-order valence-electron chi connectivity index (χ1n) is 11.8. The predicted octanol–water partition coefficient (Wildman–Crippen LogP) is 2.63. The van der Waals surface area contributed by atoms with Gasteiger partial charge in [0.2, 0.25) is 0 Å². The third-order valence-corrected chi connectivity index (χ3v) is 8.12. The lowest BCUT2D eigenvalue weighted by Crippen LogP contribution is -2.30. The van der Waals surface area contributed by atoms with E-state index in [0.29, 0.717) is 39.3 Å². The van der Waals surface area contributed by atoms with Crippen molar-refractivity contribution in [2.45, 2.75) is 61.6 Å². The van der Waals surface area contributed by atoms with E-state index < -0.39 is 24.2 Å². The molecule has 35 heavy (non-hydrogen) atoms. The summed E-state index contributed by atoms with van der Waals surface area (Å²) in [5, 5.41) is 43.8. The zero-order valence-electron chi connectivity index (χ0n) is 19.5. The highest BCUT2D eigenvalue weighted by atomic mass is 35.5. The van der Waals surface area contributed by atoms with Crippen LogP contribution in [-0.4, -0.2) is 78.0 Å². The van der Waals surface area contributed by atoms with Gasteiger partial charge in [-0.3, -0.25) is 0 Å². The number of ether oxygens (including phenoxy) is 1. The number of halogens is 1. The van der Waals surface area contributed by atoms with E-state index >= 15 is 0 Å². The van der Waals surface area contributed by atoms with Crippen molar-refractivity contribution in [2.75, 3.05) is 24.8 Å². The Labute approximate surface area is 212 Å². The number of benzene rings is 1. The molecule has 1 aromatic carbocycles. The van der Waals surface area contributed by atoms with Crippen LogP contribution in [0.2, 0.25) is 5.02 Å². The number of methoxy groups -OCH3 is 1. The first-order chi connectivity index (χ1) is 16.9. The van der Waals surface area contributed by atoms with Crippen LogP contribution in [0.15, 0.2) is 23.4 Å². The first-order valence-corrected chi connectivity index (χ1v) is 13.1. The molecule has 6 unspecified atom stereocenters. The summed E-state index contributed by atoms with van der Waals surface area (Å²) in [5.74, 6) is 1.96. The molecule has 10 nitrogen and oxygen atoms in total. The Morgan fingerprint density at radius 3 is 2.74 bits per heavy atom. The lowest BCUT2D eigenvalue weighted by atomic mass is 10.1. The number of nitrogens with zero attached hydrogens (tertiary/aromatic N) is 5. The minimum Gasteiger partial charge on any atom is -0.495 e. The number of aliphatic hydroxyl groups is 3. The third-order valence-electron chi connectivity index (χ3n) is 6.78. The van der Waals surface area contributed by atoms with E-state index in [4.69, 9.17) is 21.3 Å². The zero-order valence-corrected chi connectivity index (χ0v) is 21.1. The maximum absolute atomic E-state index is 10.6. The minimum atomic E-state index is -1.07.